The summed E-state index contributed by atoms with van der Waals surface area (Å²) in [7, 11) is -3.84. The lowest BCUT2D eigenvalue weighted by Crippen LogP contribution is -2.24. The number of rotatable bonds is 5. The van der Waals surface area contributed by atoms with Crippen LogP contribution >= 0.6 is 0 Å². The van der Waals surface area contributed by atoms with Crippen molar-refractivity contribution in [2.45, 2.75) is 11.4 Å². The first-order valence-corrected chi connectivity index (χ1v) is 6.76. The summed E-state index contributed by atoms with van der Waals surface area (Å²) < 4.78 is 26.2. The largest absolute Gasteiger partial charge is 0.393 e. The summed E-state index contributed by atoms with van der Waals surface area (Å²) in [6.45, 7) is -0.0841. The van der Waals surface area contributed by atoms with Crippen LogP contribution in [0.1, 0.15) is 5.82 Å². The van der Waals surface area contributed by atoms with Crippen molar-refractivity contribution in [3.8, 4) is 0 Å². The van der Waals surface area contributed by atoms with Crippen molar-refractivity contribution < 1.29 is 13.3 Å². The van der Waals surface area contributed by atoms with Crippen LogP contribution in [0.4, 0.5) is 11.4 Å². The van der Waals surface area contributed by atoms with E-state index in [9.17, 15) is 18.5 Å². The van der Waals surface area contributed by atoms with Crippen molar-refractivity contribution in [3.63, 3.8) is 0 Å². The second-order valence-corrected chi connectivity index (χ2v) is 5.50. The first-order chi connectivity index (χ1) is 9.40. The predicted octanol–water partition coefficient (Wildman–Crippen LogP) is -0.226. The summed E-state index contributed by atoms with van der Waals surface area (Å²) in [5.41, 5.74) is 4.87. The summed E-state index contributed by atoms with van der Waals surface area (Å²) >= 11 is 0. The number of nitro benzene ring substituents is 1. The number of anilines is 1. The number of hydrogen-bond acceptors (Lipinski definition) is 7. The van der Waals surface area contributed by atoms with Gasteiger partial charge in [0.25, 0.3) is 5.69 Å². The molecule has 11 heteroatoms. The van der Waals surface area contributed by atoms with E-state index in [1.807, 2.05) is 0 Å². The van der Waals surface area contributed by atoms with Crippen molar-refractivity contribution in [3.05, 3.63) is 40.5 Å². The van der Waals surface area contributed by atoms with Gasteiger partial charge in [-0.25, -0.2) is 18.1 Å². The maximum atomic E-state index is 12.0. The molecule has 0 radical (unpaired) electrons. The molecule has 0 bridgehead atoms. The van der Waals surface area contributed by atoms with Crippen LogP contribution in [-0.2, 0) is 16.6 Å². The average molecular weight is 298 g/mol. The van der Waals surface area contributed by atoms with Gasteiger partial charge in [0.05, 0.1) is 16.4 Å². The number of nitro groups is 1. The molecule has 106 valence electrons. The van der Waals surface area contributed by atoms with Gasteiger partial charge < -0.3 is 5.73 Å². The molecule has 1 heterocycles. The molecule has 0 fully saturated rings. The average Bonchev–Trinajstić information content (AvgIpc) is 2.89. The van der Waals surface area contributed by atoms with Crippen molar-refractivity contribution in [2.24, 2.45) is 0 Å². The summed E-state index contributed by atoms with van der Waals surface area (Å²) in [5, 5.41) is 16.7. The molecule has 0 unspecified atom stereocenters. The Balaban J connectivity index is 2.21. The molecule has 20 heavy (non-hydrogen) atoms. The van der Waals surface area contributed by atoms with E-state index in [1.165, 1.54) is 6.33 Å². The Labute approximate surface area is 113 Å². The van der Waals surface area contributed by atoms with Gasteiger partial charge in [0.2, 0.25) is 10.0 Å². The molecule has 0 aliphatic carbocycles. The van der Waals surface area contributed by atoms with Crippen molar-refractivity contribution >= 4 is 21.4 Å². The molecule has 10 nitrogen and oxygen atoms in total. The van der Waals surface area contributed by atoms with E-state index in [4.69, 9.17) is 5.73 Å². The Kier molecular flexibility index (Phi) is 3.63. The fraction of sp³-hybridized carbons (Fsp3) is 0.111. The molecule has 1 aromatic heterocycles. The molecule has 0 atom stereocenters. The number of nitrogens with two attached hydrogens (primary N) is 1. The van der Waals surface area contributed by atoms with Crippen LogP contribution in [0.3, 0.4) is 0 Å². The van der Waals surface area contributed by atoms with Gasteiger partial charge in [-0.3, -0.25) is 15.2 Å². The minimum absolute atomic E-state index is 0.0841. The zero-order chi connectivity index (χ0) is 14.8. The van der Waals surface area contributed by atoms with Gasteiger partial charge in [-0.1, -0.05) is 0 Å². The molecule has 1 aromatic carbocycles. The fourth-order valence-corrected chi connectivity index (χ4v) is 2.45. The number of benzene rings is 1. The lowest BCUT2D eigenvalue weighted by Gasteiger charge is -2.06. The van der Waals surface area contributed by atoms with Gasteiger partial charge in [-0.15, -0.1) is 0 Å². The van der Waals surface area contributed by atoms with Crippen LogP contribution in [0.2, 0.25) is 0 Å². The van der Waals surface area contributed by atoms with E-state index in [0.717, 1.165) is 18.2 Å². The molecule has 4 N–H and O–H groups in total. The van der Waals surface area contributed by atoms with E-state index < -0.39 is 14.9 Å². The number of nitrogens with one attached hydrogen (secondary N) is 2. The number of sulfonamides is 1. The fourth-order valence-electron chi connectivity index (χ4n) is 1.43. The number of aromatic amines is 1. The van der Waals surface area contributed by atoms with E-state index in [0.29, 0.717) is 5.82 Å². The second-order valence-electron chi connectivity index (χ2n) is 3.73. The number of nitrogen functional groups attached to an aromatic ring is 1. The van der Waals surface area contributed by atoms with Crippen LogP contribution in [-0.4, -0.2) is 28.5 Å². The molecule has 0 spiro atoms. The number of hydrogen-bond donors (Lipinski definition) is 3. The molecule has 2 rings (SSSR count). The molecular weight excluding hydrogens is 288 g/mol. The Bertz CT molecular complexity index is 727. The highest BCUT2D eigenvalue weighted by Gasteiger charge is 2.19. The van der Waals surface area contributed by atoms with Gasteiger partial charge >= 0.3 is 0 Å². The third kappa shape index (κ3) is 2.89. The van der Waals surface area contributed by atoms with E-state index in [-0.39, 0.29) is 22.8 Å². The first kappa shape index (κ1) is 13.9. The van der Waals surface area contributed by atoms with Gasteiger partial charge in [0.15, 0.2) is 0 Å². The monoisotopic (exact) mass is 298 g/mol. The van der Waals surface area contributed by atoms with E-state index >= 15 is 0 Å². The summed E-state index contributed by atoms with van der Waals surface area (Å²) in [4.78, 5) is 13.5. The highest BCUT2D eigenvalue weighted by Crippen LogP contribution is 2.24. The van der Waals surface area contributed by atoms with Crippen molar-refractivity contribution in [2.75, 3.05) is 5.73 Å². The Hall–Kier alpha value is -2.53. The Morgan fingerprint density at radius 2 is 2.20 bits per heavy atom. The van der Waals surface area contributed by atoms with Crippen LogP contribution < -0.4 is 10.5 Å². The highest BCUT2D eigenvalue weighted by molar-refractivity contribution is 7.89. The standard InChI is InChI=1S/C9H10N6O4S/c10-7-3-6(1-2-8(7)15(16)17)20(18,19)13-4-9-11-5-12-14-9/h1-3,5,13H,4,10H2,(H,11,12,14). The van der Waals surface area contributed by atoms with Crippen LogP contribution in [0.5, 0.6) is 0 Å². The van der Waals surface area contributed by atoms with Crippen LogP contribution in [0.15, 0.2) is 29.4 Å². The summed E-state index contributed by atoms with van der Waals surface area (Å²) in [6.07, 6.45) is 1.24. The first-order valence-electron chi connectivity index (χ1n) is 5.28. The Morgan fingerprint density at radius 3 is 2.75 bits per heavy atom. The second kappa shape index (κ2) is 5.22. The molecular formula is C9H10N6O4S. The predicted molar refractivity (Wildman–Crippen MR) is 67.9 cm³/mol. The van der Waals surface area contributed by atoms with Gasteiger partial charge in [-0.2, -0.15) is 5.10 Å². The zero-order valence-corrected chi connectivity index (χ0v) is 10.8. The molecule has 0 saturated carbocycles. The lowest BCUT2D eigenvalue weighted by atomic mass is 10.3. The third-order valence-corrected chi connectivity index (χ3v) is 3.80. The number of aromatic nitrogens is 3. The summed E-state index contributed by atoms with van der Waals surface area (Å²) in [5.74, 6) is 0.337. The van der Waals surface area contributed by atoms with Crippen molar-refractivity contribution in [1.82, 2.24) is 19.9 Å². The van der Waals surface area contributed by atoms with E-state index in [2.05, 4.69) is 19.9 Å². The number of nitrogens with zero attached hydrogens (tertiary/aromatic N) is 3. The maximum Gasteiger partial charge on any atom is 0.292 e. The van der Waals surface area contributed by atoms with Crippen LogP contribution in [0, 0.1) is 10.1 Å². The molecule has 0 amide bonds. The van der Waals surface area contributed by atoms with Crippen LogP contribution in [0.25, 0.3) is 0 Å². The minimum atomic E-state index is -3.84. The van der Waals surface area contributed by atoms with Gasteiger partial charge in [0.1, 0.15) is 17.8 Å². The lowest BCUT2D eigenvalue weighted by molar-refractivity contribution is -0.383. The molecule has 0 aliphatic rings. The quantitative estimate of drug-likeness (QED) is 0.391. The van der Waals surface area contributed by atoms with Gasteiger partial charge in [-0.05, 0) is 12.1 Å². The minimum Gasteiger partial charge on any atom is -0.393 e. The summed E-state index contributed by atoms with van der Waals surface area (Å²) in [6, 6.07) is 3.18. The third-order valence-electron chi connectivity index (χ3n) is 2.40. The Morgan fingerprint density at radius 1 is 1.45 bits per heavy atom. The maximum absolute atomic E-state index is 12.0. The zero-order valence-electron chi connectivity index (χ0n) is 9.98. The SMILES string of the molecule is Nc1cc(S(=O)(=O)NCc2ncn[nH]2)ccc1[N+](=O)[O-]. The molecule has 0 aliphatic heterocycles. The number of H-pyrrole nitrogens is 1. The normalized spacial score (nSPS) is 11.4. The molecule has 2 aromatic rings. The smallest absolute Gasteiger partial charge is 0.292 e. The topological polar surface area (TPSA) is 157 Å². The van der Waals surface area contributed by atoms with Gasteiger partial charge in [0, 0.05) is 6.07 Å². The van der Waals surface area contributed by atoms with E-state index in [1.54, 1.807) is 0 Å². The molecule has 0 saturated heterocycles. The van der Waals surface area contributed by atoms with Crippen molar-refractivity contribution in [1.29, 1.82) is 0 Å². The highest BCUT2D eigenvalue weighted by atomic mass is 32.2.